The van der Waals surface area contributed by atoms with E-state index in [9.17, 15) is 20.0 Å². The summed E-state index contributed by atoms with van der Waals surface area (Å²) in [4.78, 5) is 22.0. The van der Waals surface area contributed by atoms with Crippen LogP contribution in [0.5, 0.6) is 5.75 Å². The molecule has 0 saturated carbocycles. The van der Waals surface area contributed by atoms with Gasteiger partial charge in [-0.25, -0.2) is 0 Å². The molecule has 0 bridgehead atoms. The molecule has 6 nitrogen and oxygen atoms in total. The molecule has 0 aromatic heterocycles. The predicted octanol–water partition coefficient (Wildman–Crippen LogP) is 6.72. The summed E-state index contributed by atoms with van der Waals surface area (Å²) in [5.74, 6) is -0.458. The van der Waals surface area contributed by atoms with Gasteiger partial charge in [0.15, 0.2) is 0 Å². The van der Waals surface area contributed by atoms with Gasteiger partial charge in [0, 0.05) is 12.5 Å². The van der Waals surface area contributed by atoms with Gasteiger partial charge < -0.3 is 10.4 Å². The minimum Gasteiger partial charge on any atom is -0.506 e. The number of phenols is 1. The van der Waals surface area contributed by atoms with Gasteiger partial charge in [-0.05, 0) is 12.5 Å². The van der Waals surface area contributed by atoms with Crippen molar-refractivity contribution in [3.05, 3.63) is 28.3 Å². The molecule has 0 aliphatic carbocycles. The van der Waals surface area contributed by atoms with Crippen LogP contribution in [-0.4, -0.2) is 15.9 Å². The summed E-state index contributed by atoms with van der Waals surface area (Å²) in [6.07, 6.45) is 16.7. The minimum atomic E-state index is -0.584. The van der Waals surface area contributed by atoms with E-state index < -0.39 is 4.92 Å². The molecule has 0 heterocycles. The van der Waals surface area contributed by atoms with Gasteiger partial charge in [0.25, 0.3) is 5.69 Å². The van der Waals surface area contributed by atoms with Crippen LogP contribution in [0.25, 0.3) is 0 Å². The average Bonchev–Trinajstić information content (AvgIpc) is 2.67. The Morgan fingerprint density at radius 2 is 1.43 bits per heavy atom. The normalized spacial score (nSPS) is 10.8. The fourth-order valence-electron chi connectivity index (χ4n) is 3.26. The second-order valence-corrected chi connectivity index (χ2v) is 7.50. The van der Waals surface area contributed by atoms with Crippen molar-refractivity contribution in [1.82, 2.24) is 0 Å². The second kappa shape index (κ2) is 14.9. The second-order valence-electron chi connectivity index (χ2n) is 7.50. The maximum absolute atomic E-state index is 11.9. The van der Waals surface area contributed by atoms with Crippen LogP contribution in [0.2, 0.25) is 0 Å². The number of carbonyl (C=O) groups is 1. The molecule has 0 atom stereocenters. The van der Waals surface area contributed by atoms with Gasteiger partial charge >= 0.3 is 0 Å². The van der Waals surface area contributed by atoms with Gasteiger partial charge in [0.1, 0.15) is 5.75 Å². The summed E-state index contributed by atoms with van der Waals surface area (Å²) in [6.45, 7) is 2.25. The molecule has 0 radical (unpaired) electrons. The molecule has 28 heavy (non-hydrogen) atoms. The Balaban J connectivity index is 2.00. The van der Waals surface area contributed by atoms with E-state index in [4.69, 9.17) is 0 Å². The summed E-state index contributed by atoms with van der Waals surface area (Å²) in [5, 5.41) is 23.0. The number of carbonyl (C=O) groups excluding carboxylic acids is 1. The molecular formula is C22H36N2O4. The van der Waals surface area contributed by atoms with E-state index >= 15 is 0 Å². The van der Waals surface area contributed by atoms with Crippen LogP contribution in [0, 0.1) is 10.1 Å². The number of nitrogens with one attached hydrogen (secondary N) is 1. The van der Waals surface area contributed by atoms with Crippen molar-refractivity contribution in [3.63, 3.8) is 0 Å². The van der Waals surface area contributed by atoms with E-state index in [1.54, 1.807) is 0 Å². The number of phenolic OH excluding ortho intramolecular Hbond substituents is 1. The van der Waals surface area contributed by atoms with Crippen LogP contribution in [0.1, 0.15) is 96.8 Å². The number of hydrogen-bond acceptors (Lipinski definition) is 4. The number of aromatic hydroxyl groups is 1. The number of nitro benzene ring substituents is 1. The van der Waals surface area contributed by atoms with Crippen molar-refractivity contribution in [3.8, 4) is 5.75 Å². The third kappa shape index (κ3) is 10.9. The highest BCUT2D eigenvalue weighted by atomic mass is 16.6. The molecule has 1 amide bonds. The molecule has 6 heteroatoms. The highest BCUT2D eigenvalue weighted by Crippen LogP contribution is 2.28. The number of anilines is 1. The minimum absolute atomic E-state index is 0.174. The first-order valence-corrected chi connectivity index (χ1v) is 10.8. The SMILES string of the molecule is CCCCCCCCCCCCCCCC(=O)Nc1ccc([N+](=O)[O-])cc1O. The van der Waals surface area contributed by atoms with Gasteiger partial charge in [-0.15, -0.1) is 0 Å². The Morgan fingerprint density at radius 1 is 0.929 bits per heavy atom. The van der Waals surface area contributed by atoms with Crippen molar-refractivity contribution >= 4 is 17.3 Å². The Kier molecular flexibility index (Phi) is 12.7. The molecule has 158 valence electrons. The summed E-state index contributed by atoms with van der Waals surface area (Å²) in [7, 11) is 0. The zero-order valence-electron chi connectivity index (χ0n) is 17.3. The Morgan fingerprint density at radius 3 is 1.89 bits per heavy atom. The summed E-state index contributed by atoms with van der Waals surface area (Å²) < 4.78 is 0. The molecule has 0 unspecified atom stereocenters. The standard InChI is InChI=1S/C22H36N2O4/c1-2-3-4-5-6-7-8-9-10-11-12-13-14-15-22(26)23-20-17-16-19(24(27)28)18-21(20)25/h16-18,25H,2-15H2,1H3,(H,23,26). The average molecular weight is 393 g/mol. The zero-order chi connectivity index (χ0) is 20.6. The van der Waals surface area contributed by atoms with Crippen LogP contribution >= 0.6 is 0 Å². The fraction of sp³-hybridized carbons (Fsp3) is 0.682. The lowest BCUT2D eigenvalue weighted by Gasteiger charge is -2.07. The summed E-state index contributed by atoms with van der Waals surface area (Å²) in [6, 6.07) is 3.66. The number of benzene rings is 1. The molecule has 1 rings (SSSR count). The lowest BCUT2D eigenvalue weighted by molar-refractivity contribution is -0.384. The van der Waals surface area contributed by atoms with Crippen LogP contribution in [0.4, 0.5) is 11.4 Å². The third-order valence-electron chi connectivity index (χ3n) is 4.97. The van der Waals surface area contributed by atoms with Gasteiger partial charge in [0.05, 0.1) is 16.7 Å². The van der Waals surface area contributed by atoms with Gasteiger partial charge in [-0.1, -0.05) is 84.0 Å². The Bertz CT molecular complexity index is 590. The number of amides is 1. The van der Waals surface area contributed by atoms with Crippen LogP contribution in [0.15, 0.2) is 18.2 Å². The van der Waals surface area contributed by atoms with E-state index in [2.05, 4.69) is 12.2 Å². The topological polar surface area (TPSA) is 92.5 Å². The number of nitrogens with zero attached hydrogens (tertiary/aromatic N) is 1. The molecule has 0 fully saturated rings. The first-order valence-electron chi connectivity index (χ1n) is 10.8. The quantitative estimate of drug-likeness (QED) is 0.141. The number of unbranched alkanes of at least 4 members (excludes halogenated alkanes) is 12. The Labute approximate surface area is 168 Å². The van der Waals surface area contributed by atoms with E-state index in [-0.39, 0.29) is 23.0 Å². The lowest BCUT2D eigenvalue weighted by Crippen LogP contribution is -2.11. The number of non-ortho nitro benzene ring substituents is 1. The molecule has 0 aliphatic rings. The molecule has 0 spiro atoms. The monoisotopic (exact) mass is 392 g/mol. The number of hydrogen-bond donors (Lipinski definition) is 2. The number of nitro groups is 1. The fourth-order valence-corrected chi connectivity index (χ4v) is 3.26. The van der Waals surface area contributed by atoms with Crippen molar-refractivity contribution in [2.75, 3.05) is 5.32 Å². The first-order chi connectivity index (χ1) is 13.5. The highest BCUT2D eigenvalue weighted by Gasteiger charge is 2.11. The molecule has 1 aromatic carbocycles. The van der Waals surface area contributed by atoms with Gasteiger partial charge in [-0.3, -0.25) is 14.9 Å². The van der Waals surface area contributed by atoms with Crippen LogP contribution in [0.3, 0.4) is 0 Å². The molecule has 2 N–H and O–H groups in total. The molecule has 0 saturated heterocycles. The van der Waals surface area contributed by atoms with E-state index in [1.165, 1.54) is 76.3 Å². The van der Waals surface area contributed by atoms with E-state index in [0.29, 0.717) is 6.42 Å². The van der Waals surface area contributed by atoms with Gasteiger partial charge in [-0.2, -0.15) is 0 Å². The maximum atomic E-state index is 11.9. The summed E-state index contributed by atoms with van der Waals surface area (Å²) in [5.41, 5.74) is 0.0114. The molecule has 0 aliphatic heterocycles. The Hall–Kier alpha value is -2.11. The van der Waals surface area contributed by atoms with Crippen molar-refractivity contribution in [2.45, 2.75) is 96.8 Å². The largest absolute Gasteiger partial charge is 0.506 e. The van der Waals surface area contributed by atoms with Crippen LogP contribution in [-0.2, 0) is 4.79 Å². The first kappa shape index (κ1) is 23.9. The molecule has 1 aromatic rings. The smallest absolute Gasteiger partial charge is 0.273 e. The number of rotatable bonds is 16. The van der Waals surface area contributed by atoms with Crippen molar-refractivity contribution in [2.24, 2.45) is 0 Å². The van der Waals surface area contributed by atoms with Crippen molar-refractivity contribution < 1.29 is 14.8 Å². The lowest BCUT2D eigenvalue weighted by atomic mass is 10.0. The maximum Gasteiger partial charge on any atom is 0.273 e. The predicted molar refractivity (Wildman–Crippen MR) is 114 cm³/mol. The van der Waals surface area contributed by atoms with Crippen LogP contribution < -0.4 is 5.32 Å². The van der Waals surface area contributed by atoms with Gasteiger partial charge in [0.2, 0.25) is 5.91 Å². The van der Waals surface area contributed by atoms with Crippen molar-refractivity contribution in [1.29, 1.82) is 0 Å². The van der Waals surface area contributed by atoms with E-state index in [0.717, 1.165) is 25.3 Å². The molecular weight excluding hydrogens is 356 g/mol. The van der Waals surface area contributed by atoms with E-state index in [1.807, 2.05) is 0 Å². The summed E-state index contributed by atoms with van der Waals surface area (Å²) >= 11 is 0. The third-order valence-corrected chi connectivity index (χ3v) is 4.97. The highest BCUT2D eigenvalue weighted by molar-refractivity contribution is 5.92. The zero-order valence-corrected chi connectivity index (χ0v) is 17.3.